The van der Waals surface area contributed by atoms with Gasteiger partial charge in [-0.1, -0.05) is 6.07 Å². The van der Waals surface area contributed by atoms with Gasteiger partial charge in [-0.15, -0.1) is 0 Å². The van der Waals surface area contributed by atoms with E-state index in [-0.39, 0.29) is 6.61 Å². The van der Waals surface area contributed by atoms with Crippen LogP contribution in [0, 0.1) is 0 Å². The van der Waals surface area contributed by atoms with E-state index in [9.17, 15) is 0 Å². The van der Waals surface area contributed by atoms with Crippen LogP contribution in [0.3, 0.4) is 0 Å². The van der Waals surface area contributed by atoms with E-state index in [0.29, 0.717) is 19.3 Å². The van der Waals surface area contributed by atoms with Crippen LogP contribution in [0.4, 0.5) is 0 Å². The lowest BCUT2D eigenvalue weighted by molar-refractivity contribution is 0.0904. The third-order valence-corrected chi connectivity index (χ3v) is 3.18. The van der Waals surface area contributed by atoms with Gasteiger partial charge in [0.25, 0.3) is 0 Å². The average molecular weight is 297 g/mol. The fourth-order valence-corrected chi connectivity index (χ4v) is 2.12. The van der Waals surface area contributed by atoms with E-state index in [4.69, 9.17) is 19.3 Å². The highest BCUT2D eigenvalue weighted by atomic mass is 16.5. The van der Waals surface area contributed by atoms with Crippen molar-refractivity contribution >= 4 is 0 Å². The van der Waals surface area contributed by atoms with E-state index in [1.54, 1.807) is 14.2 Å². The fourth-order valence-electron chi connectivity index (χ4n) is 2.12. The first-order valence-electron chi connectivity index (χ1n) is 7.34. The minimum absolute atomic E-state index is 0.0864. The summed E-state index contributed by atoms with van der Waals surface area (Å²) in [4.78, 5) is 0. The molecule has 5 heteroatoms. The molecule has 0 fully saturated rings. The van der Waals surface area contributed by atoms with Gasteiger partial charge in [-0.25, -0.2) is 0 Å². The maximum atomic E-state index is 8.60. The van der Waals surface area contributed by atoms with Crippen LogP contribution in [0.15, 0.2) is 18.2 Å². The number of rotatable bonds is 11. The largest absolute Gasteiger partial charge is 0.493 e. The van der Waals surface area contributed by atoms with Gasteiger partial charge >= 0.3 is 0 Å². The molecular weight excluding hydrogens is 270 g/mol. The summed E-state index contributed by atoms with van der Waals surface area (Å²) in [6, 6.07) is 6.38. The third-order valence-electron chi connectivity index (χ3n) is 3.18. The predicted molar refractivity (Wildman–Crippen MR) is 83.2 cm³/mol. The van der Waals surface area contributed by atoms with E-state index in [1.165, 1.54) is 5.56 Å². The Kier molecular flexibility index (Phi) is 8.82. The van der Waals surface area contributed by atoms with Crippen LogP contribution in [0.5, 0.6) is 11.5 Å². The molecule has 0 spiro atoms. The number of nitrogens with one attached hydrogen (secondary N) is 1. The van der Waals surface area contributed by atoms with Crippen LogP contribution in [0.25, 0.3) is 0 Å². The summed E-state index contributed by atoms with van der Waals surface area (Å²) in [6.07, 6.45) is 1.87. The second-order valence-corrected chi connectivity index (χ2v) is 4.94. The Hall–Kier alpha value is -1.30. The lowest BCUT2D eigenvalue weighted by Crippen LogP contribution is -2.29. The molecule has 1 atom stereocenters. The van der Waals surface area contributed by atoms with E-state index in [2.05, 4.69) is 18.3 Å². The highest BCUT2D eigenvalue weighted by Gasteiger charge is 2.07. The summed E-state index contributed by atoms with van der Waals surface area (Å²) in [5, 5.41) is 12.1. The van der Waals surface area contributed by atoms with E-state index in [0.717, 1.165) is 30.9 Å². The minimum Gasteiger partial charge on any atom is -0.493 e. The van der Waals surface area contributed by atoms with Crippen LogP contribution in [0.1, 0.15) is 18.9 Å². The van der Waals surface area contributed by atoms with E-state index in [1.807, 2.05) is 12.1 Å². The van der Waals surface area contributed by atoms with Crippen molar-refractivity contribution in [2.24, 2.45) is 0 Å². The summed E-state index contributed by atoms with van der Waals surface area (Å²) in [5.74, 6) is 1.52. The molecule has 5 nitrogen and oxygen atoms in total. The number of aliphatic hydroxyl groups excluding tert-OH is 1. The molecule has 21 heavy (non-hydrogen) atoms. The first-order valence-corrected chi connectivity index (χ1v) is 7.34. The Balaban J connectivity index is 2.32. The molecule has 0 saturated heterocycles. The molecule has 0 heterocycles. The first-order chi connectivity index (χ1) is 10.2. The maximum Gasteiger partial charge on any atom is 0.160 e. The topological polar surface area (TPSA) is 60.0 Å². The summed E-state index contributed by atoms with van der Waals surface area (Å²) < 4.78 is 15.8. The smallest absolute Gasteiger partial charge is 0.160 e. The predicted octanol–water partition coefficient (Wildman–Crippen LogP) is 1.62. The van der Waals surface area contributed by atoms with Gasteiger partial charge in [0.1, 0.15) is 0 Å². The number of hydrogen-bond donors (Lipinski definition) is 2. The fraction of sp³-hybridized carbons (Fsp3) is 0.625. The molecule has 0 aliphatic heterocycles. The molecule has 1 aromatic carbocycles. The Bertz CT molecular complexity index is 398. The Morgan fingerprint density at radius 2 is 1.90 bits per heavy atom. The number of ether oxygens (including phenoxy) is 3. The van der Waals surface area contributed by atoms with Gasteiger partial charge in [-0.05, 0) is 44.0 Å². The molecular formula is C16H27NO4. The third kappa shape index (κ3) is 6.80. The first kappa shape index (κ1) is 17.8. The summed E-state index contributed by atoms with van der Waals surface area (Å²) in [5.41, 5.74) is 1.21. The monoisotopic (exact) mass is 297 g/mol. The van der Waals surface area contributed by atoms with Crippen LogP contribution in [-0.2, 0) is 11.2 Å². The molecule has 1 aromatic rings. The highest BCUT2D eigenvalue weighted by molar-refractivity contribution is 5.43. The highest BCUT2D eigenvalue weighted by Crippen LogP contribution is 2.27. The molecule has 0 radical (unpaired) electrons. The van der Waals surface area contributed by atoms with Crippen molar-refractivity contribution < 1.29 is 19.3 Å². The Labute approximate surface area is 127 Å². The van der Waals surface area contributed by atoms with Crippen molar-refractivity contribution in [2.45, 2.75) is 25.8 Å². The van der Waals surface area contributed by atoms with Gasteiger partial charge in [0.2, 0.25) is 0 Å². The van der Waals surface area contributed by atoms with Gasteiger partial charge in [-0.2, -0.15) is 0 Å². The molecule has 0 aliphatic rings. The molecule has 0 aliphatic carbocycles. The number of methoxy groups -OCH3 is 2. The van der Waals surface area contributed by atoms with Crippen molar-refractivity contribution in [1.29, 1.82) is 0 Å². The van der Waals surface area contributed by atoms with Crippen molar-refractivity contribution in [1.82, 2.24) is 5.32 Å². The number of hydrogen-bond acceptors (Lipinski definition) is 5. The molecule has 2 N–H and O–H groups in total. The van der Waals surface area contributed by atoms with Crippen LogP contribution < -0.4 is 14.8 Å². The van der Waals surface area contributed by atoms with Gasteiger partial charge in [0, 0.05) is 12.6 Å². The zero-order valence-electron chi connectivity index (χ0n) is 13.2. The van der Waals surface area contributed by atoms with Crippen LogP contribution >= 0.6 is 0 Å². The quantitative estimate of drug-likeness (QED) is 0.608. The van der Waals surface area contributed by atoms with Crippen molar-refractivity contribution in [3.05, 3.63) is 23.8 Å². The van der Waals surface area contributed by atoms with Gasteiger partial charge < -0.3 is 24.6 Å². The zero-order chi connectivity index (χ0) is 15.5. The second-order valence-electron chi connectivity index (χ2n) is 4.94. The van der Waals surface area contributed by atoms with E-state index < -0.39 is 0 Å². The summed E-state index contributed by atoms with van der Waals surface area (Å²) in [6.45, 7) is 4.24. The zero-order valence-corrected chi connectivity index (χ0v) is 13.2. The molecule has 0 saturated carbocycles. The van der Waals surface area contributed by atoms with Gasteiger partial charge in [0.15, 0.2) is 11.5 Å². The summed E-state index contributed by atoms with van der Waals surface area (Å²) >= 11 is 0. The molecule has 0 amide bonds. The summed E-state index contributed by atoms with van der Waals surface area (Å²) in [7, 11) is 3.29. The molecule has 120 valence electrons. The number of aliphatic hydroxyl groups is 1. The number of benzene rings is 1. The van der Waals surface area contributed by atoms with Crippen LogP contribution in [0.2, 0.25) is 0 Å². The van der Waals surface area contributed by atoms with Gasteiger partial charge in [0.05, 0.1) is 27.4 Å². The van der Waals surface area contributed by atoms with Crippen LogP contribution in [-0.4, -0.2) is 51.7 Å². The van der Waals surface area contributed by atoms with Gasteiger partial charge in [-0.3, -0.25) is 0 Å². The normalized spacial score (nSPS) is 12.2. The van der Waals surface area contributed by atoms with Crippen molar-refractivity contribution in [3.8, 4) is 11.5 Å². The molecule has 0 bridgehead atoms. The average Bonchev–Trinajstić information content (AvgIpc) is 2.50. The second kappa shape index (κ2) is 10.4. The van der Waals surface area contributed by atoms with E-state index >= 15 is 0 Å². The minimum atomic E-state index is 0.0864. The SMILES string of the molecule is COc1ccc(CC(C)NCCCOCCO)cc1OC. The Morgan fingerprint density at radius 3 is 2.57 bits per heavy atom. The lowest BCUT2D eigenvalue weighted by Gasteiger charge is -2.15. The van der Waals surface area contributed by atoms with Crippen molar-refractivity contribution in [2.75, 3.05) is 40.6 Å². The molecule has 1 rings (SSSR count). The lowest BCUT2D eigenvalue weighted by atomic mass is 10.1. The maximum absolute atomic E-state index is 8.60. The standard InChI is InChI=1S/C16H27NO4/c1-13(17-7-4-9-21-10-8-18)11-14-5-6-15(19-2)16(12-14)20-3/h5-6,12-13,17-18H,4,7-11H2,1-3H3. The Morgan fingerprint density at radius 1 is 1.14 bits per heavy atom. The van der Waals surface area contributed by atoms with Crippen molar-refractivity contribution in [3.63, 3.8) is 0 Å². The molecule has 1 unspecified atom stereocenters. The molecule has 0 aromatic heterocycles.